The number of aliphatic hydroxyl groups excluding tert-OH is 1. The van der Waals surface area contributed by atoms with Crippen molar-refractivity contribution < 1.29 is 9.90 Å². The van der Waals surface area contributed by atoms with E-state index in [2.05, 4.69) is 31.0 Å². The van der Waals surface area contributed by atoms with Crippen molar-refractivity contribution in [3.8, 4) is 11.8 Å². The Bertz CT molecular complexity index is 511. The van der Waals surface area contributed by atoms with Gasteiger partial charge in [0.05, 0.1) is 12.3 Å². The van der Waals surface area contributed by atoms with E-state index in [1.165, 1.54) is 0 Å². The molecular weight excluding hydrogens is 250 g/mol. The topological polar surface area (TPSA) is 49.3 Å². The Morgan fingerprint density at radius 2 is 2.20 bits per heavy atom. The smallest absolute Gasteiger partial charge is 0.224 e. The molecule has 0 fully saturated rings. The molecule has 1 atom stereocenters. The Hall–Kier alpha value is -1.79. The van der Waals surface area contributed by atoms with E-state index < -0.39 is 0 Å². The summed E-state index contributed by atoms with van der Waals surface area (Å²) in [5.74, 6) is 6.30. The third kappa shape index (κ3) is 5.46. The first-order chi connectivity index (χ1) is 9.56. The highest BCUT2D eigenvalue weighted by Crippen LogP contribution is 2.18. The molecule has 0 radical (unpaired) electrons. The standard InChI is InChI=1S/C17H23NO2/c1-4-13(2)12-17(20)18-16-9-8-14(3)11-15(16)7-5-6-10-19/h8-9,11,13,19H,4,6,10,12H2,1-3H3,(H,18,20). The molecule has 2 N–H and O–H groups in total. The molecule has 1 amide bonds. The molecule has 108 valence electrons. The van der Waals surface area contributed by atoms with Gasteiger partial charge in [0.1, 0.15) is 0 Å². The molecular formula is C17H23NO2. The summed E-state index contributed by atoms with van der Waals surface area (Å²) in [5.41, 5.74) is 2.64. The number of aryl methyl sites for hydroxylation is 1. The van der Waals surface area contributed by atoms with Gasteiger partial charge in [0.2, 0.25) is 5.91 Å². The summed E-state index contributed by atoms with van der Waals surface area (Å²) >= 11 is 0. The molecule has 1 aromatic carbocycles. The first-order valence-electron chi connectivity index (χ1n) is 7.07. The van der Waals surface area contributed by atoms with Crippen LogP contribution >= 0.6 is 0 Å². The van der Waals surface area contributed by atoms with Crippen LogP contribution in [-0.2, 0) is 4.79 Å². The van der Waals surface area contributed by atoms with E-state index in [0.717, 1.165) is 23.2 Å². The summed E-state index contributed by atoms with van der Waals surface area (Å²) in [7, 11) is 0. The Kier molecular flexibility index (Phi) is 6.83. The van der Waals surface area contributed by atoms with Gasteiger partial charge in [0.25, 0.3) is 0 Å². The van der Waals surface area contributed by atoms with Crippen LogP contribution in [0.5, 0.6) is 0 Å². The van der Waals surface area contributed by atoms with Gasteiger partial charge in [-0.3, -0.25) is 4.79 Å². The number of aliphatic hydroxyl groups is 1. The molecule has 1 rings (SSSR count). The summed E-state index contributed by atoms with van der Waals surface area (Å²) in [6.07, 6.45) is 1.95. The van der Waals surface area contributed by atoms with Gasteiger partial charge < -0.3 is 10.4 Å². The summed E-state index contributed by atoms with van der Waals surface area (Å²) in [5, 5.41) is 11.7. The zero-order chi connectivity index (χ0) is 15.0. The third-order valence-corrected chi connectivity index (χ3v) is 3.14. The van der Waals surface area contributed by atoms with E-state index in [1.54, 1.807) is 0 Å². The second-order valence-electron chi connectivity index (χ2n) is 5.09. The van der Waals surface area contributed by atoms with Gasteiger partial charge in [0, 0.05) is 18.4 Å². The third-order valence-electron chi connectivity index (χ3n) is 3.14. The van der Waals surface area contributed by atoms with Gasteiger partial charge in [-0.1, -0.05) is 38.2 Å². The number of carbonyl (C=O) groups excluding carboxylic acids is 1. The summed E-state index contributed by atoms with van der Waals surface area (Å²) < 4.78 is 0. The van der Waals surface area contributed by atoms with Crippen molar-refractivity contribution in [3.63, 3.8) is 0 Å². The Balaban J connectivity index is 2.84. The predicted octanol–water partition coefficient (Wildman–Crippen LogP) is 3.10. The highest BCUT2D eigenvalue weighted by molar-refractivity contribution is 5.92. The largest absolute Gasteiger partial charge is 0.395 e. The molecule has 20 heavy (non-hydrogen) atoms. The fourth-order valence-corrected chi connectivity index (χ4v) is 1.75. The van der Waals surface area contributed by atoms with Crippen LogP contribution < -0.4 is 5.32 Å². The fourth-order valence-electron chi connectivity index (χ4n) is 1.75. The average Bonchev–Trinajstić information content (AvgIpc) is 2.41. The van der Waals surface area contributed by atoms with Gasteiger partial charge in [-0.05, 0) is 30.5 Å². The number of rotatable bonds is 5. The van der Waals surface area contributed by atoms with E-state index in [-0.39, 0.29) is 12.5 Å². The van der Waals surface area contributed by atoms with Gasteiger partial charge in [-0.2, -0.15) is 0 Å². The van der Waals surface area contributed by atoms with Gasteiger partial charge in [-0.25, -0.2) is 0 Å². The van der Waals surface area contributed by atoms with E-state index in [1.807, 2.05) is 25.1 Å². The van der Waals surface area contributed by atoms with E-state index in [4.69, 9.17) is 5.11 Å². The van der Waals surface area contributed by atoms with Crippen LogP contribution in [0.25, 0.3) is 0 Å². The van der Waals surface area contributed by atoms with E-state index in [9.17, 15) is 4.79 Å². The summed E-state index contributed by atoms with van der Waals surface area (Å²) in [6, 6.07) is 5.78. The van der Waals surface area contributed by atoms with Crippen molar-refractivity contribution in [2.75, 3.05) is 11.9 Å². The number of anilines is 1. The summed E-state index contributed by atoms with van der Waals surface area (Å²) in [4.78, 5) is 11.9. The van der Waals surface area contributed by atoms with Gasteiger partial charge in [0.15, 0.2) is 0 Å². The molecule has 0 aliphatic heterocycles. The Morgan fingerprint density at radius 3 is 2.85 bits per heavy atom. The average molecular weight is 273 g/mol. The first kappa shape index (κ1) is 16.3. The lowest BCUT2D eigenvalue weighted by Gasteiger charge is -2.11. The Labute approximate surface area is 121 Å². The number of benzene rings is 1. The first-order valence-corrected chi connectivity index (χ1v) is 7.07. The molecule has 0 saturated carbocycles. The maximum Gasteiger partial charge on any atom is 0.224 e. The van der Waals surface area contributed by atoms with Crippen molar-refractivity contribution >= 4 is 11.6 Å². The maximum atomic E-state index is 11.9. The Morgan fingerprint density at radius 1 is 1.45 bits per heavy atom. The molecule has 0 aliphatic carbocycles. The molecule has 0 heterocycles. The second-order valence-corrected chi connectivity index (χ2v) is 5.09. The van der Waals surface area contributed by atoms with Crippen molar-refractivity contribution in [3.05, 3.63) is 29.3 Å². The summed E-state index contributed by atoms with van der Waals surface area (Å²) in [6.45, 7) is 6.18. The van der Waals surface area contributed by atoms with Crippen molar-refractivity contribution in [2.45, 2.75) is 40.0 Å². The van der Waals surface area contributed by atoms with E-state index in [0.29, 0.717) is 18.8 Å². The van der Waals surface area contributed by atoms with Crippen LogP contribution in [0.3, 0.4) is 0 Å². The zero-order valence-electron chi connectivity index (χ0n) is 12.5. The highest BCUT2D eigenvalue weighted by atomic mass is 16.2. The lowest BCUT2D eigenvalue weighted by molar-refractivity contribution is -0.117. The van der Waals surface area contributed by atoms with Crippen molar-refractivity contribution in [1.29, 1.82) is 0 Å². The minimum absolute atomic E-state index is 0.0217. The molecule has 3 nitrogen and oxygen atoms in total. The molecule has 0 aliphatic rings. The molecule has 3 heteroatoms. The SMILES string of the molecule is CCC(C)CC(=O)Nc1ccc(C)cc1C#CCCO. The van der Waals surface area contributed by atoms with Crippen molar-refractivity contribution in [1.82, 2.24) is 0 Å². The molecule has 1 unspecified atom stereocenters. The second kappa shape index (κ2) is 8.39. The molecule has 0 aromatic heterocycles. The molecule has 0 saturated heterocycles. The number of carbonyl (C=O) groups is 1. The maximum absolute atomic E-state index is 11.9. The lowest BCUT2D eigenvalue weighted by atomic mass is 10.0. The predicted molar refractivity (Wildman–Crippen MR) is 82.5 cm³/mol. The van der Waals surface area contributed by atoms with Gasteiger partial charge in [-0.15, -0.1) is 0 Å². The minimum atomic E-state index is 0.0217. The monoisotopic (exact) mass is 273 g/mol. The van der Waals surface area contributed by atoms with Crippen LogP contribution in [0.2, 0.25) is 0 Å². The number of hydrogen-bond donors (Lipinski definition) is 2. The number of amides is 1. The molecule has 0 bridgehead atoms. The molecule has 0 spiro atoms. The number of hydrogen-bond acceptors (Lipinski definition) is 2. The fraction of sp³-hybridized carbons (Fsp3) is 0.471. The van der Waals surface area contributed by atoms with Crippen molar-refractivity contribution in [2.24, 2.45) is 5.92 Å². The van der Waals surface area contributed by atoms with Crippen LogP contribution in [0.15, 0.2) is 18.2 Å². The molecule has 1 aromatic rings. The van der Waals surface area contributed by atoms with Crippen LogP contribution in [0.1, 0.15) is 44.2 Å². The lowest BCUT2D eigenvalue weighted by Crippen LogP contribution is -2.15. The quantitative estimate of drug-likeness (QED) is 0.810. The zero-order valence-corrected chi connectivity index (χ0v) is 12.5. The van der Waals surface area contributed by atoms with Gasteiger partial charge >= 0.3 is 0 Å². The van der Waals surface area contributed by atoms with Crippen LogP contribution in [-0.4, -0.2) is 17.6 Å². The van der Waals surface area contributed by atoms with Crippen LogP contribution in [0.4, 0.5) is 5.69 Å². The van der Waals surface area contributed by atoms with Crippen LogP contribution in [0, 0.1) is 24.7 Å². The normalized spacial score (nSPS) is 11.4. The highest BCUT2D eigenvalue weighted by Gasteiger charge is 2.09. The minimum Gasteiger partial charge on any atom is -0.395 e. The number of nitrogens with one attached hydrogen (secondary N) is 1. The van der Waals surface area contributed by atoms with E-state index >= 15 is 0 Å².